The number of carbonyl (C=O) groups excluding carboxylic acids is 1. The Balaban J connectivity index is 2.02. The molecule has 1 fully saturated rings. The average molecular weight is 370 g/mol. The third-order valence-corrected chi connectivity index (χ3v) is 5.00. The monoisotopic (exact) mass is 369 g/mol. The van der Waals surface area contributed by atoms with E-state index in [9.17, 15) is 15.0 Å². The molecule has 1 aliphatic heterocycles. The molecule has 140 valence electrons. The quantitative estimate of drug-likeness (QED) is 0.756. The summed E-state index contributed by atoms with van der Waals surface area (Å²) in [6, 6.07) is 4.47. The summed E-state index contributed by atoms with van der Waals surface area (Å²) in [6.45, 7) is 3.84. The normalized spacial score (nSPS) is 20.7. The molecule has 7 heteroatoms. The van der Waals surface area contributed by atoms with E-state index in [2.05, 4.69) is 16.8 Å². The first-order valence-corrected chi connectivity index (χ1v) is 8.91. The van der Waals surface area contributed by atoms with Crippen molar-refractivity contribution in [2.24, 2.45) is 11.8 Å². The zero-order valence-electron chi connectivity index (χ0n) is 15.2. The number of aliphatic hydroxyl groups excluding tert-OH is 1. The van der Waals surface area contributed by atoms with Gasteiger partial charge in [0, 0.05) is 50.3 Å². The van der Waals surface area contributed by atoms with E-state index in [1.165, 1.54) is 12.1 Å². The van der Waals surface area contributed by atoms with Crippen molar-refractivity contribution >= 4 is 17.5 Å². The van der Waals surface area contributed by atoms with Crippen molar-refractivity contribution in [2.45, 2.75) is 0 Å². The van der Waals surface area contributed by atoms with Gasteiger partial charge in [0.05, 0.1) is 5.56 Å². The van der Waals surface area contributed by atoms with E-state index in [-0.39, 0.29) is 35.7 Å². The number of phenolic OH excluding ortho intramolecular Hbond substituents is 1. The number of nitrogens with zero attached hydrogens (tertiary/aromatic N) is 3. The van der Waals surface area contributed by atoms with Gasteiger partial charge in [-0.1, -0.05) is 11.6 Å². The van der Waals surface area contributed by atoms with Gasteiger partial charge in [-0.05, 0) is 45.3 Å². The molecule has 25 heavy (non-hydrogen) atoms. The summed E-state index contributed by atoms with van der Waals surface area (Å²) in [5, 5.41) is 20.1. The van der Waals surface area contributed by atoms with E-state index in [0.29, 0.717) is 18.1 Å². The van der Waals surface area contributed by atoms with Gasteiger partial charge in [-0.3, -0.25) is 4.79 Å². The van der Waals surface area contributed by atoms with Crippen LogP contribution in [0.2, 0.25) is 5.02 Å². The standard InChI is InChI=1S/C18H28ClN3O3/c1-20(2)6-7-21(3)9-13-10-22(11-14(13)12-23)18(25)16-8-15(19)4-5-17(16)24/h4-5,8,13-14,23-24H,6-7,9-12H2,1-3H3/t13-,14-/m1/s1. The van der Waals surface area contributed by atoms with Crippen LogP contribution in [0.5, 0.6) is 5.75 Å². The third kappa shape index (κ3) is 5.31. The van der Waals surface area contributed by atoms with Gasteiger partial charge < -0.3 is 24.9 Å². The van der Waals surface area contributed by atoms with Crippen LogP contribution in [0, 0.1) is 11.8 Å². The van der Waals surface area contributed by atoms with Gasteiger partial charge in [-0.25, -0.2) is 0 Å². The van der Waals surface area contributed by atoms with Gasteiger partial charge in [0.25, 0.3) is 5.91 Å². The summed E-state index contributed by atoms with van der Waals surface area (Å²) in [7, 11) is 6.14. The Labute approximate surface area is 154 Å². The number of halogens is 1. The molecule has 0 bridgehead atoms. The molecule has 2 atom stereocenters. The van der Waals surface area contributed by atoms with Crippen molar-refractivity contribution in [3.63, 3.8) is 0 Å². The maximum atomic E-state index is 12.7. The minimum Gasteiger partial charge on any atom is -0.507 e. The van der Waals surface area contributed by atoms with Gasteiger partial charge in [0.1, 0.15) is 5.75 Å². The number of hydrogen-bond acceptors (Lipinski definition) is 5. The zero-order valence-corrected chi connectivity index (χ0v) is 15.9. The molecule has 1 amide bonds. The lowest BCUT2D eigenvalue weighted by molar-refractivity contribution is 0.0776. The summed E-state index contributed by atoms with van der Waals surface area (Å²) >= 11 is 5.95. The van der Waals surface area contributed by atoms with Crippen LogP contribution in [0.4, 0.5) is 0 Å². The predicted molar refractivity (Wildman–Crippen MR) is 99.1 cm³/mol. The van der Waals surface area contributed by atoms with Gasteiger partial charge >= 0.3 is 0 Å². The number of hydrogen-bond donors (Lipinski definition) is 2. The molecule has 6 nitrogen and oxygen atoms in total. The Morgan fingerprint density at radius 3 is 2.56 bits per heavy atom. The Kier molecular flexibility index (Phi) is 7.07. The fourth-order valence-corrected chi connectivity index (χ4v) is 3.40. The molecule has 1 aromatic rings. The topological polar surface area (TPSA) is 67.2 Å². The Hall–Kier alpha value is -1.34. The Bertz CT molecular complexity index is 597. The number of aliphatic hydroxyl groups is 1. The fourth-order valence-electron chi connectivity index (χ4n) is 3.23. The van der Waals surface area contributed by atoms with Gasteiger partial charge in [0.2, 0.25) is 0 Å². The van der Waals surface area contributed by atoms with Gasteiger partial charge in [-0.2, -0.15) is 0 Å². The molecule has 0 aromatic heterocycles. The highest BCUT2D eigenvalue weighted by Gasteiger charge is 2.36. The highest BCUT2D eigenvalue weighted by atomic mass is 35.5. The molecular weight excluding hydrogens is 342 g/mol. The molecule has 2 rings (SSSR count). The predicted octanol–water partition coefficient (Wildman–Crippen LogP) is 1.22. The van der Waals surface area contributed by atoms with Crippen LogP contribution in [0.3, 0.4) is 0 Å². The number of phenols is 1. The maximum Gasteiger partial charge on any atom is 0.257 e. The summed E-state index contributed by atoms with van der Waals surface area (Å²) < 4.78 is 0. The van der Waals surface area contributed by atoms with E-state index < -0.39 is 0 Å². The fraction of sp³-hybridized carbons (Fsp3) is 0.611. The minimum absolute atomic E-state index is 0.0482. The van der Waals surface area contributed by atoms with E-state index >= 15 is 0 Å². The Morgan fingerprint density at radius 2 is 1.92 bits per heavy atom. The maximum absolute atomic E-state index is 12.7. The lowest BCUT2D eigenvalue weighted by Gasteiger charge is -2.25. The summed E-state index contributed by atoms with van der Waals surface area (Å²) in [5.74, 6) is -0.0482. The van der Waals surface area contributed by atoms with Crippen LogP contribution < -0.4 is 0 Å². The molecule has 1 saturated heterocycles. The summed E-state index contributed by atoms with van der Waals surface area (Å²) in [4.78, 5) is 18.8. The van der Waals surface area contributed by atoms with E-state index in [1.807, 2.05) is 14.1 Å². The first-order valence-electron chi connectivity index (χ1n) is 8.53. The number of likely N-dealkylation sites (tertiary alicyclic amines) is 1. The molecule has 0 radical (unpaired) electrons. The van der Waals surface area contributed by atoms with Crippen molar-refractivity contribution in [1.29, 1.82) is 0 Å². The van der Waals surface area contributed by atoms with Crippen molar-refractivity contribution in [2.75, 3.05) is 60.5 Å². The molecule has 1 aliphatic rings. The van der Waals surface area contributed by atoms with Gasteiger partial charge in [0.15, 0.2) is 0 Å². The van der Waals surface area contributed by atoms with Crippen molar-refractivity contribution in [3.8, 4) is 5.75 Å². The summed E-state index contributed by atoms with van der Waals surface area (Å²) in [5.41, 5.74) is 0.214. The van der Waals surface area contributed by atoms with Crippen LogP contribution >= 0.6 is 11.6 Å². The highest BCUT2D eigenvalue weighted by molar-refractivity contribution is 6.31. The SMILES string of the molecule is CN(C)CCN(C)C[C@@H]1CN(C(=O)c2cc(Cl)ccc2O)C[C@@H]1CO. The molecule has 0 saturated carbocycles. The third-order valence-electron chi connectivity index (χ3n) is 4.76. The van der Waals surface area contributed by atoms with E-state index in [1.54, 1.807) is 11.0 Å². The summed E-state index contributed by atoms with van der Waals surface area (Å²) in [6.07, 6.45) is 0. The lowest BCUT2D eigenvalue weighted by Crippen LogP contribution is -2.35. The molecule has 0 aliphatic carbocycles. The first kappa shape index (κ1) is 20.0. The minimum atomic E-state index is -0.239. The second-order valence-electron chi connectivity index (χ2n) is 7.14. The van der Waals surface area contributed by atoms with Crippen LogP contribution in [-0.4, -0.2) is 91.3 Å². The number of amides is 1. The number of benzene rings is 1. The van der Waals surface area contributed by atoms with Crippen LogP contribution in [0.1, 0.15) is 10.4 Å². The number of likely N-dealkylation sites (N-methyl/N-ethyl adjacent to an activating group) is 2. The Morgan fingerprint density at radius 1 is 1.24 bits per heavy atom. The molecule has 2 N–H and O–H groups in total. The van der Waals surface area contributed by atoms with Crippen LogP contribution in [0.25, 0.3) is 0 Å². The zero-order chi connectivity index (χ0) is 18.6. The number of carbonyl (C=O) groups is 1. The molecular formula is C18H28ClN3O3. The molecule has 0 spiro atoms. The molecule has 1 aromatic carbocycles. The highest BCUT2D eigenvalue weighted by Crippen LogP contribution is 2.29. The average Bonchev–Trinajstić information content (AvgIpc) is 2.97. The molecule has 0 unspecified atom stereocenters. The second kappa shape index (κ2) is 8.85. The largest absolute Gasteiger partial charge is 0.507 e. The number of rotatable bonds is 7. The molecule has 1 heterocycles. The van der Waals surface area contributed by atoms with Crippen molar-refractivity contribution in [1.82, 2.24) is 14.7 Å². The van der Waals surface area contributed by atoms with E-state index in [0.717, 1.165) is 19.6 Å². The van der Waals surface area contributed by atoms with Gasteiger partial charge in [-0.15, -0.1) is 0 Å². The van der Waals surface area contributed by atoms with E-state index in [4.69, 9.17) is 11.6 Å². The smallest absolute Gasteiger partial charge is 0.257 e. The second-order valence-corrected chi connectivity index (χ2v) is 7.58. The van der Waals surface area contributed by atoms with Crippen molar-refractivity contribution in [3.05, 3.63) is 28.8 Å². The first-order chi connectivity index (χ1) is 11.8. The number of aromatic hydroxyl groups is 1. The van der Waals surface area contributed by atoms with Crippen LogP contribution in [0.15, 0.2) is 18.2 Å². The van der Waals surface area contributed by atoms with Crippen LogP contribution in [-0.2, 0) is 0 Å². The lowest BCUT2D eigenvalue weighted by atomic mass is 9.96. The van der Waals surface area contributed by atoms with Crippen molar-refractivity contribution < 1.29 is 15.0 Å².